The molecule has 0 saturated heterocycles. The summed E-state index contributed by atoms with van der Waals surface area (Å²) in [6.45, 7) is 5.38. The summed E-state index contributed by atoms with van der Waals surface area (Å²) in [4.78, 5) is 1.13. The molecule has 1 N–H and O–H groups in total. The van der Waals surface area contributed by atoms with Gasteiger partial charge in [0.05, 0.1) is 5.75 Å². The minimum absolute atomic E-state index is 0.231. The van der Waals surface area contributed by atoms with Crippen LogP contribution >= 0.6 is 11.8 Å². The molecule has 20 heavy (non-hydrogen) atoms. The average Bonchev–Trinajstić information content (AvgIpc) is 2.40. The van der Waals surface area contributed by atoms with Crippen LogP contribution in [0.25, 0.3) is 0 Å². The van der Waals surface area contributed by atoms with Crippen LogP contribution in [-0.4, -0.2) is 32.7 Å². The quantitative estimate of drug-likeness (QED) is 0.710. The lowest BCUT2D eigenvalue weighted by molar-refractivity contribution is 0.518. The van der Waals surface area contributed by atoms with Crippen molar-refractivity contribution >= 4 is 21.6 Å². The second-order valence-corrected chi connectivity index (χ2v) is 8.39. The first-order valence-corrected chi connectivity index (χ1v) is 10.1. The van der Waals surface area contributed by atoms with Gasteiger partial charge in [0.15, 0.2) is 0 Å². The highest BCUT2D eigenvalue weighted by atomic mass is 32.2. The van der Waals surface area contributed by atoms with Crippen molar-refractivity contribution in [2.75, 3.05) is 24.3 Å². The fourth-order valence-electron chi connectivity index (χ4n) is 1.92. The average molecular weight is 316 g/mol. The molecule has 0 aliphatic carbocycles. The lowest BCUT2D eigenvalue weighted by Crippen LogP contribution is -2.21. The molecule has 0 saturated carbocycles. The second-order valence-electron chi connectivity index (χ2n) is 4.96. The van der Waals surface area contributed by atoms with Crippen LogP contribution in [0.1, 0.15) is 38.3 Å². The van der Waals surface area contributed by atoms with Crippen molar-refractivity contribution in [3.8, 4) is 0 Å². The van der Waals surface area contributed by atoms with Crippen molar-refractivity contribution in [3.05, 3.63) is 29.8 Å². The van der Waals surface area contributed by atoms with Crippen molar-refractivity contribution in [1.29, 1.82) is 0 Å². The van der Waals surface area contributed by atoms with Gasteiger partial charge < -0.3 is 5.32 Å². The third-order valence-electron chi connectivity index (χ3n) is 3.05. The van der Waals surface area contributed by atoms with Gasteiger partial charge in [0, 0.05) is 22.9 Å². The Labute approximate surface area is 127 Å². The number of hydrogen-bond acceptors (Lipinski definition) is 4. The Balaban J connectivity index is 2.54. The van der Waals surface area contributed by atoms with Crippen LogP contribution in [0.15, 0.2) is 29.2 Å². The maximum absolute atomic E-state index is 11.1. The largest absolute Gasteiger partial charge is 0.310 e. The summed E-state index contributed by atoms with van der Waals surface area (Å²) in [7, 11) is -2.86. The highest BCUT2D eigenvalue weighted by Crippen LogP contribution is 2.22. The van der Waals surface area contributed by atoms with Crippen molar-refractivity contribution in [3.63, 3.8) is 0 Å². The van der Waals surface area contributed by atoms with E-state index in [-0.39, 0.29) is 5.75 Å². The molecule has 1 rings (SSSR count). The minimum atomic E-state index is -2.86. The fourth-order valence-corrected chi connectivity index (χ4v) is 4.03. The Kier molecular flexibility index (Phi) is 7.62. The van der Waals surface area contributed by atoms with Crippen LogP contribution < -0.4 is 5.32 Å². The van der Waals surface area contributed by atoms with E-state index in [1.165, 1.54) is 11.8 Å². The van der Waals surface area contributed by atoms with Crippen LogP contribution in [0.4, 0.5) is 0 Å². The lowest BCUT2D eigenvalue weighted by Gasteiger charge is -2.17. The summed E-state index contributed by atoms with van der Waals surface area (Å²) >= 11 is 1.59. The number of thioether (sulfide) groups is 1. The summed E-state index contributed by atoms with van der Waals surface area (Å²) in [5.41, 5.74) is 1.30. The Morgan fingerprint density at radius 2 is 1.85 bits per heavy atom. The molecule has 0 fully saturated rings. The number of benzene rings is 1. The summed E-state index contributed by atoms with van der Waals surface area (Å²) in [6, 6.07) is 8.85. The molecule has 1 unspecified atom stereocenters. The van der Waals surface area contributed by atoms with Crippen LogP contribution in [0.3, 0.4) is 0 Å². The first kappa shape index (κ1) is 17.5. The Bertz CT molecular complexity index is 483. The van der Waals surface area contributed by atoms with E-state index >= 15 is 0 Å². The lowest BCUT2D eigenvalue weighted by atomic mass is 10.0. The van der Waals surface area contributed by atoms with Gasteiger partial charge in [-0.3, -0.25) is 0 Å². The highest BCUT2D eigenvalue weighted by molar-refractivity contribution is 8.00. The van der Waals surface area contributed by atoms with Gasteiger partial charge in [0.2, 0.25) is 0 Å². The SMILES string of the molecule is CCCNC(CC)c1ccc(SCCS(C)(=O)=O)cc1. The molecule has 0 bridgehead atoms. The fraction of sp³-hybridized carbons (Fsp3) is 0.600. The normalized spacial score (nSPS) is 13.3. The molecular formula is C15H25NO2S2. The zero-order chi connectivity index (χ0) is 15.0. The molecule has 3 nitrogen and oxygen atoms in total. The van der Waals surface area contributed by atoms with Crippen molar-refractivity contribution in [2.24, 2.45) is 0 Å². The zero-order valence-electron chi connectivity index (χ0n) is 12.6. The number of sulfone groups is 1. The van der Waals surface area contributed by atoms with Gasteiger partial charge in [-0.05, 0) is 37.1 Å². The molecule has 0 aliphatic rings. The molecule has 1 atom stereocenters. The first-order valence-electron chi connectivity index (χ1n) is 7.10. The standard InChI is InChI=1S/C15H25NO2S2/c1-4-10-16-15(5-2)13-6-8-14(9-7-13)19-11-12-20(3,17)18/h6-9,15-16H,4-5,10-12H2,1-3H3. The molecule has 0 spiro atoms. The van der Waals surface area contributed by atoms with Crippen molar-refractivity contribution < 1.29 is 8.42 Å². The van der Waals surface area contributed by atoms with Crippen LogP contribution in [0, 0.1) is 0 Å². The van der Waals surface area contributed by atoms with Crippen LogP contribution in [0.5, 0.6) is 0 Å². The maximum atomic E-state index is 11.1. The Hall–Kier alpha value is -0.520. The van der Waals surface area contributed by atoms with E-state index in [1.807, 2.05) is 0 Å². The summed E-state index contributed by atoms with van der Waals surface area (Å²) < 4.78 is 22.2. The predicted molar refractivity (Wildman–Crippen MR) is 88.2 cm³/mol. The number of rotatable bonds is 9. The summed E-state index contributed by atoms with van der Waals surface area (Å²) in [6.07, 6.45) is 3.48. The van der Waals surface area contributed by atoms with Crippen LogP contribution in [0.2, 0.25) is 0 Å². The van der Waals surface area contributed by atoms with Gasteiger partial charge in [-0.15, -0.1) is 11.8 Å². The molecule has 5 heteroatoms. The third-order valence-corrected chi connectivity index (χ3v) is 5.27. The smallest absolute Gasteiger partial charge is 0.148 e. The monoisotopic (exact) mass is 315 g/mol. The van der Waals surface area contributed by atoms with E-state index in [0.717, 1.165) is 24.3 Å². The number of hydrogen-bond donors (Lipinski definition) is 1. The van der Waals surface area contributed by atoms with Gasteiger partial charge in [-0.1, -0.05) is 26.0 Å². The predicted octanol–water partition coefficient (Wildman–Crippen LogP) is 3.27. The third kappa shape index (κ3) is 6.77. The molecule has 0 heterocycles. The van der Waals surface area contributed by atoms with E-state index in [4.69, 9.17) is 0 Å². The molecule has 114 valence electrons. The zero-order valence-corrected chi connectivity index (χ0v) is 14.2. The van der Waals surface area contributed by atoms with E-state index in [9.17, 15) is 8.42 Å². The van der Waals surface area contributed by atoms with E-state index < -0.39 is 9.84 Å². The molecule has 0 aromatic heterocycles. The van der Waals surface area contributed by atoms with Gasteiger partial charge in [-0.25, -0.2) is 8.42 Å². The maximum Gasteiger partial charge on any atom is 0.148 e. The summed E-state index contributed by atoms with van der Waals surface area (Å²) in [5.74, 6) is 0.846. The molecular weight excluding hydrogens is 290 g/mol. The van der Waals surface area contributed by atoms with E-state index in [1.54, 1.807) is 11.8 Å². The van der Waals surface area contributed by atoms with E-state index in [2.05, 4.69) is 43.4 Å². The molecule has 0 amide bonds. The Morgan fingerprint density at radius 3 is 2.35 bits per heavy atom. The molecule has 0 radical (unpaired) electrons. The van der Waals surface area contributed by atoms with Gasteiger partial charge in [-0.2, -0.15) is 0 Å². The van der Waals surface area contributed by atoms with Crippen molar-refractivity contribution in [1.82, 2.24) is 5.32 Å². The van der Waals surface area contributed by atoms with Gasteiger partial charge in [0.25, 0.3) is 0 Å². The van der Waals surface area contributed by atoms with Gasteiger partial charge >= 0.3 is 0 Å². The Morgan fingerprint density at radius 1 is 1.20 bits per heavy atom. The topological polar surface area (TPSA) is 46.2 Å². The molecule has 1 aromatic rings. The van der Waals surface area contributed by atoms with Crippen LogP contribution in [-0.2, 0) is 9.84 Å². The number of nitrogens with one attached hydrogen (secondary N) is 1. The van der Waals surface area contributed by atoms with Crippen molar-refractivity contribution in [2.45, 2.75) is 37.6 Å². The second kappa shape index (κ2) is 8.70. The van der Waals surface area contributed by atoms with E-state index in [0.29, 0.717) is 11.8 Å². The first-order chi connectivity index (χ1) is 9.46. The highest BCUT2D eigenvalue weighted by Gasteiger charge is 2.08. The minimum Gasteiger partial charge on any atom is -0.310 e. The van der Waals surface area contributed by atoms with Gasteiger partial charge in [0.1, 0.15) is 9.84 Å². The summed E-state index contributed by atoms with van der Waals surface area (Å²) in [5, 5.41) is 3.53. The molecule has 1 aromatic carbocycles. The molecule has 0 aliphatic heterocycles.